The van der Waals surface area contributed by atoms with Gasteiger partial charge in [-0.2, -0.15) is 5.10 Å². The van der Waals surface area contributed by atoms with Crippen molar-refractivity contribution < 1.29 is 14.3 Å². The van der Waals surface area contributed by atoms with Crippen LogP contribution < -0.4 is 5.32 Å². The number of rotatable bonds is 10. The highest BCUT2D eigenvalue weighted by atomic mass is 16.5. The normalized spacial score (nSPS) is 11.3. The Bertz CT molecular complexity index is 938. The highest BCUT2D eigenvalue weighted by molar-refractivity contribution is 6.06. The molecule has 0 unspecified atom stereocenters. The zero-order valence-corrected chi connectivity index (χ0v) is 17.2. The summed E-state index contributed by atoms with van der Waals surface area (Å²) in [6.07, 6.45) is 2.46. The van der Waals surface area contributed by atoms with Crippen molar-refractivity contribution in [3.05, 3.63) is 48.2 Å². The monoisotopic (exact) mass is 396 g/mol. The molecule has 29 heavy (non-hydrogen) atoms. The summed E-state index contributed by atoms with van der Waals surface area (Å²) in [5.41, 5.74) is 3.02. The average molecular weight is 396 g/mol. The van der Waals surface area contributed by atoms with E-state index < -0.39 is 0 Å². The predicted molar refractivity (Wildman–Crippen MR) is 113 cm³/mol. The summed E-state index contributed by atoms with van der Waals surface area (Å²) < 4.78 is 12.2. The molecular weight excluding hydrogens is 368 g/mol. The Morgan fingerprint density at radius 3 is 2.69 bits per heavy atom. The van der Waals surface area contributed by atoms with Crippen molar-refractivity contribution in [2.45, 2.75) is 26.3 Å². The number of nitrogens with one attached hydrogen (secondary N) is 1. The van der Waals surface area contributed by atoms with Crippen LogP contribution in [0.1, 0.15) is 36.7 Å². The summed E-state index contributed by atoms with van der Waals surface area (Å²) in [6.45, 7) is 6.34. The maximum Gasteiger partial charge on any atom is 0.252 e. The highest BCUT2D eigenvalue weighted by Gasteiger charge is 2.18. The topological polar surface area (TPSA) is 78.3 Å². The highest BCUT2D eigenvalue weighted by Crippen LogP contribution is 2.26. The SMILES string of the molecule is COCCOCCCNC(=O)c1cc(-c2ccccc2)nc2c1cnn2C(C)C. The fraction of sp³-hybridized carbons (Fsp3) is 0.409. The minimum Gasteiger partial charge on any atom is -0.382 e. The summed E-state index contributed by atoms with van der Waals surface area (Å²) in [5, 5.41) is 8.19. The van der Waals surface area contributed by atoms with E-state index in [1.165, 1.54) is 0 Å². The van der Waals surface area contributed by atoms with E-state index in [1.807, 2.05) is 54.9 Å². The first-order valence-corrected chi connectivity index (χ1v) is 9.90. The Labute approximate surface area is 171 Å². The van der Waals surface area contributed by atoms with Crippen molar-refractivity contribution in [2.75, 3.05) is 33.5 Å². The molecule has 2 aromatic heterocycles. The number of pyridine rings is 1. The van der Waals surface area contributed by atoms with Crippen LogP contribution in [0.4, 0.5) is 0 Å². The lowest BCUT2D eigenvalue weighted by atomic mass is 10.1. The van der Waals surface area contributed by atoms with Crippen LogP contribution in [-0.2, 0) is 9.47 Å². The number of methoxy groups -OCH3 is 1. The third-order valence-electron chi connectivity index (χ3n) is 4.55. The predicted octanol–water partition coefficient (Wildman–Crippen LogP) is 3.46. The molecular formula is C22H28N4O3. The fourth-order valence-electron chi connectivity index (χ4n) is 3.06. The van der Waals surface area contributed by atoms with Crippen LogP contribution in [-0.4, -0.2) is 54.1 Å². The molecule has 154 valence electrons. The van der Waals surface area contributed by atoms with Gasteiger partial charge in [0.15, 0.2) is 5.65 Å². The molecule has 0 atom stereocenters. The Balaban J connectivity index is 1.81. The van der Waals surface area contributed by atoms with Crippen LogP contribution in [0.5, 0.6) is 0 Å². The third kappa shape index (κ3) is 5.19. The van der Waals surface area contributed by atoms with E-state index in [1.54, 1.807) is 13.3 Å². The Morgan fingerprint density at radius 1 is 1.17 bits per heavy atom. The average Bonchev–Trinajstić information content (AvgIpc) is 3.17. The minimum absolute atomic E-state index is 0.130. The largest absolute Gasteiger partial charge is 0.382 e. The maximum atomic E-state index is 12.9. The Hall–Kier alpha value is -2.77. The molecule has 7 nitrogen and oxygen atoms in total. The van der Waals surface area contributed by atoms with Gasteiger partial charge in [-0.05, 0) is 26.3 Å². The van der Waals surface area contributed by atoms with Gasteiger partial charge < -0.3 is 14.8 Å². The molecule has 0 fully saturated rings. The standard InChI is InChI=1S/C22H28N4O3/c1-16(2)26-21-19(15-24-26)18(14-20(25-21)17-8-5-4-6-9-17)22(27)23-10-7-11-29-13-12-28-3/h4-6,8-9,14-16H,7,10-13H2,1-3H3,(H,23,27). The molecule has 2 heterocycles. The number of fused-ring (bicyclic) bond motifs is 1. The number of carbonyl (C=O) groups is 1. The van der Waals surface area contributed by atoms with Crippen LogP contribution in [0.3, 0.4) is 0 Å². The van der Waals surface area contributed by atoms with E-state index in [2.05, 4.69) is 10.4 Å². The van der Waals surface area contributed by atoms with E-state index in [4.69, 9.17) is 14.5 Å². The van der Waals surface area contributed by atoms with Gasteiger partial charge in [0.05, 0.1) is 36.1 Å². The summed E-state index contributed by atoms with van der Waals surface area (Å²) in [6, 6.07) is 11.9. The van der Waals surface area contributed by atoms with E-state index in [0.29, 0.717) is 31.9 Å². The molecule has 0 aliphatic rings. The molecule has 0 saturated carbocycles. The first-order chi connectivity index (χ1) is 14.1. The summed E-state index contributed by atoms with van der Waals surface area (Å²) in [7, 11) is 1.64. The van der Waals surface area contributed by atoms with Crippen LogP contribution >= 0.6 is 0 Å². The molecule has 1 amide bonds. The van der Waals surface area contributed by atoms with Gasteiger partial charge >= 0.3 is 0 Å². The number of amides is 1. The van der Waals surface area contributed by atoms with Gasteiger partial charge in [0.2, 0.25) is 0 Å². The summed E-state index contributed by atoms with van der Waals surface area (Å²) >= 11 is 0. The van der Waals surface area contributed by atoms with Crippen molar-refractivity contribution in [1.29, 1.82) is 0 Å². The fourth-order valence-corrected chi connectivity index (χ4v) is 3.06. The Kier molecular flexibility index (Phi) is 7.32. The molecule has 0 aliphatic heterocycles. The lowest BCUT2D eigenvalue weighted by molar-refractivity contribution is 0.0688. The second kappa shape index (κ2) is 10.1. The van der Waals surface area contributed by atoms with Crippen molar-refractivity contribution >= 4 is 16.9 Å². The van der Waals surface area contributed by atoms with E-state index in [9.17, 15) is 4.79 Å². The molecule has 0 radical (unpaired) electrons. The second-order valence-corrected chi connectivity index (χ2v) is 7.06. The molecule has 0 spiro atoms. The van der Waals surface area contributed by atoms with Crippen LogP contribution in [0.2, 0.25) is 0 Å². The van der Waals surface area contributed by atoms with Crippen LogP contribution in [0.25, 0.3) is 22.3 Å². The third-order valence-corrected chi connectivity index (χ3v) is 4.55. The zero-order chi connectivity index (χ0) is 20.6. The molecule has 1 N–H and O–H groups in total. The van der Waals surface area contributed by atoms with Gasteiger partial charge in [0.1, 0.15) is 0 Å². The van der Waals surface area contributed by atoms with Gasteiger partial charge in [-0.3, -0.25) is 4.79 Å². The molecule has 0 saturated heterocycles. The zero-order valence-electron chi connectivity index (χ0n) is 17.2. The van der Waals surface area contributed by atoms with Gasteiger partial charge in [0, 0.05) is 31.9 Å². The van der Waals surface area contributed by atoms with Gasteiger partial charge in [-0.15, -0.1) is 0 Å². The van der Waals surface area contributed by atoms with Gasteiger partial charge in [0.25, 0.3) is 5.91 Å². The smallest absolute Gasteiger partial charge is 0.252 e. The van der Waals surface area contributed by atoms with E-state index in [-0.39, 0.29) is 11.9 Å². The molecule has 0 aliphatic carbocycles. The van der Waals surface area contributed by atoms with Crippen LogP contribution in [0, 0.1) is 0 Å². The summed E-state index contributed by atoms with van der Waals surface area (Å²) in [4.78, 5) is 17.7. The number of aromatic nitrogens is 3. The van der Waals surface area contributed by atoms with E-state index >= 15 is 0 Å². The first-order valence-electron chi connectivity index (χ1n) is 9.90. The second-order valence-electron chi connectivity index (χ2n) is 7.06. The van der Waals surface area contributed by atoms with Gasteiger partial charge in [-0.25, -0.2) is 9.67 Å². The molecule has 3 aromatic rings. The summed E-state index contributed by atoms with van der Waals surface area (Å²) in [5.74, 6) is -0.130. The molecule has 0 bridgehead atoms. The number of carbonyl (C=O) groups excluding carboxylic acids is 1. The van der Waals surface area contributed by atoms with Crippen molar-refractivity contribution in [3.63, 3.8) is 0 Å². The lowest BCUT2D eigenvalue weighted by Gasteiger charge is -2.11. The molecule has 1 aromatic carbocycles. The number of benzene rings is 1. The van der Waals surface area contributed by atoms with Crippen molar-refractivity contribution in [3.8, 4) is 11.3 Å². The van der Waals surface area contributed by atoms with Crippen LogP contribution in [0.15, 0.2) is 42.6 Å². The number of hydrogen-bond donors (Lipinski definition) is 1. The minimum atomic E-state index is -0.130. The van der Waals surface area contributed by atoms with E-state index in [0.717, 1.165) is 28.7 Å². The van der Waals surface area contributed by atoms with Gasteiger partial charge in [-0.1, -0.05) is 30.3 Å². The molecule has 7 heteroatoms. The molecule has 3 rings (SSSR count). The quantitative estimate of drug-likeness (QED) is 0.531. The number of hydrogen-bond acceptors (Lipinski definition) is 5. The van der Waals surface area contributed by atoms with Crippen molar-refractivity contribution in [1.82, 2.24) is 20.1 Å². The number of nitrogens with zero attached hydrogens (tertiary/aromatic N) is 3. The Morgan fingerprint density at radius 2 is 1.97 bits per heavy atom. The number of ether oxygens (including phenoxy) is 2. The maximum absolute atomic E-state index is 12.9. The van der Waals surface area contributed by atoms with Crippen molar-refractivity contribution in [2.24, 2.45) is 0 Å². The first kappa shape index (κ1) is 21.0. The lowest BCUT2D eigenvalue weighted by Crippen LogP contribution is -2.25.